The second-order valence-electron chi connectivity index (χ2n) is 19.8. The van der Waals surface area contributed by atoms with Crippen LogP contribution in [0.3, 0.4) is 0 Å². The Morgan fingerprint density at radius 3 is 1.15 bits per heavy atom. The van der Waals surface area contributed by atoms with E-state index in [2.05, 4.69) is 93.7 Å². The molecule has 0 fully saturated rings. The number of esters is 3. The van der Waals surface area contributed by atoms with E-state index in [9.17, 15) is 28.9 Å². The zero-order valence-corrected chi connectivity index (χ0v) is 48.2. The van der Waals surface area contributed by atoms with Crippen LogP contribution >= 0.6 is 7.82 Å². The molecule has 3 unspecified atom stereocenters. The number of unbranched alkanes of at least 4 members (excludes halogenated alkanes) is 26. The first-order valence-corrected chi connectivity index (χ1v) is 31.3. The average Bonchev–Trinajstić information content (AvgIpc) is 3.39. The molecule has 0 aromatic carbocycles. The Kier molecular flexibility index (Phi) is 53.8. The summed E-state index contributed by atoms with van der Waals surface area (Å²) in [5.41, 5.74) is 0. The van der Waals surface area contributed by atoms with Crippen molar-refractivity contribution in [2.24, 2.45) is 0 Å². The van der Waals surface area contributed by atoms with Crippen LogP contribution in [0.25, 0.3) is 0 Å². The molecule has 0 heterocycles. The molecule has 0 spiro atoms. The quantitative estimate of drug-likeness (QED) is 0.0197. The molecule has 0 bridgehead atoms. The number of aliphatic hydroxyl groups excluding tert-OH is 1. The molecule has 0 aliphatic rings. The number of allylic oxidation sites excluding steroid dienone is 12. The van der Waals surface area contributed by atoms with Gasteiger partial charge >= 0.3 is 25.7 Å². The number of rotatable bonds is 55. The maximum absolute atomic E-state index is 12.9. The Balaban J connectivity index is 4.70. The lowest BCUT2D eigenvalue weighted by Crippen LogP contribution is -2.30. The van der Waals surface area contributed by atoms with E-state index >= 15 is 0 Å². The Labute approximate surface area is 452 Å². The van der Waals surface area contributed by atoms with E-state index in [1.165, 1.54) is 77.0 Å². The lowest BCUT2D eigenvalue weighted by Gasteiger charge is -2.21. The van der Waals surface area contributed by atoms with Gasteiger partial charge in [-0.15, -0.1) is 0 Å². The Bertz CT molecular complexity index is 1520. The molecule has 0 aliphatic carbocycles. The first kappa shape index (κ1) is 70.9. The molecule has 0 aromatic rings. The molecule has 0 amide bonds. The average molecular weight is 1060 g/mol. The minimum Gasteiger partial charge on any atom is -0.462 e. The lowest BCUT2D eigenvalue weighted by molar-refractivity contribution is -0.161. The van der Waals surface area contributed by atoms with Crippen LogP contribution in [0, 0.1) is 0 Å². The van der Waals surface area contributed by atoms with Gasteiger partial charge in [0.15, 0.2) is 6.10 Å². The minimum absolute atomic E-state index is 0.151. The molecule has 0 saturated carbocycles. The van der Waals surface area contributed by atoms with Crippen molar-refractivity contribution in [3.05, 3.63) is 72.9 Å². The molecule has 428 valence electrons. The van der Waals surface area contributed by atoms with Crippen molar-refractivity contribution in [2.75, 3.05) is 26.4 Å². The number of ether oxygens (including phenoxy) is 3. The lowest BCUT2D eigenvalue weighted by atomic mass is 10.1. The third-order valence-corrected chi connectivity index (χ3v) is 13.5. The highest BCUT2D eigenvalue weighted by molar-refractivity contribution is 7.47. The summed E-state index contributed by atoms with van der Waals surface area (Å²) in [6, 6.07) is 0. The highest BCUT2D eigenvalue weighted by atomic mass is 31.2. The van der Waals surface area contributed by atoms with Crippen molar-refractivity contribution < 1.29 is 52.2 Å². The largest absolute Gasteiger partial charge is 0.472 e. The first-order chi connectivity index (χ1) is 36.2. The third-order valence-electron chi connectivity index (χ3n) is 12.6. The number of phosphoric acid groups is 1. The van der Waals surface area contributed by atoms with Gasteiger partial charge in [0, 0.05) is 19.3 Å². The second kappa shape index (κ2) is 56.1. The number of phosphoric ester groups is 1. The van der Waals surface area contributed by atoms with Crippen molar-refractivity contribution >= 4 is 25.7 Å². The first-order valence-electron chi connectivity index (χ1n) is 29.8. The van der Waals surface area contributed by atoms with Crippen molar-refractivity contribution in [1.82, 2.24) is 0 Å². The van der Waals surface area contributed by atoms with Gasteiger partial charge in [0.2, 0.25) is 0 Å². The fourth-order valence-corrected chi connectivity index (χ4v) is 8.83. The van der Waals surface area contributed by atoms with E-state index in [4.69, 9.17) is 23.3 Å². The third kappa shape index (κ3) is 53.7. The van der Waals surface area contributed by atoms with Crippen molar-refractivity contribution in [1.29, 1.82) is 0 Å². The number of aliphatic hydroxyl groups is 1. The Morgan fingerprint density at radius 1 is 0.392 bits per heavy atom. The number of carbonyl (C=O) groups excluding carboxylic acids is 3. The van der Waals surface area contributed by atoms with Crippen LogP contribution < -0.4 is 0 Å². The van der Waals surface area contributed by atoms with E-state index in [1.807, 2.05) is 0 Å². The van der Waals surface area contributed by atoms with E-state index in [0.29, 0.717) is 19.3 Å². The van der Waals surface area contributed by atoms with Crippen LogP contribution in [-0.2, 0) is 42.2 Å². The molecule has 3 atom stereocenters. The molecule has 12 heteroatoms. The van der Waals surface area contributed by atoms with Crippen LogP contribution in [-0.4, -0.2) is 66.5 Å². The van der Waals surface area contributed by atoms with Gasteiger partial charge in [-0.05, 0) is 103 Å². The summed E-state index contributed by atoms with van der Waals surface area (Å²) >= 11 is 0. The summed E-state index contributed by atoms with van der Waals surface area (Å²) < 4.78 is 39.5. The molecular weight excluding hydrogens is 952 g/mol. The smallest absolute Gasteiger partial charge is 0.462 e. The predicted octanol–water partition coefficient (Wildman–Crippen LogP) is 17.7. The predicted molar refractivity (Wildman–Crippen MR) is 307 cm³/mol. The van der Waals surface area contributed by atoms with Crippen LogP contribution in [0.5, 0.6) is 0 Å². The fourth-order valence-electron chi connectivity index (χ4n) is 8.05. The van der Waals surface area contributed by atoms with E-state index in [-0.39, 0.29) is 25.9 Å². The summed E-state index contributed by atoms with van der Waals surface area (Å²) in [5, 5.41) is 9.83. The van der Waals surface area contributed by atoms with Crippen LogP contribution in [0.2, 0.25) is 0 Å². The Morgan fingerprint density at radius 2 is 0.730 bits per heavy atom. The van der Waals surface area contributed by atoms with Crippen molar-refractivity contribution in [3.63, 3.8) is 0 Å². The normalized spacial score (nSPS) is 13.9. The monoisotopic (exact) mass is 1060 g/mol. The van der Waals surface area contributed by atoms with E-state index < -0.39 is 57.8 Å². The highest BCUT2D eigenvalue weighted by Crippen LogP contribution is 2.43. The number of hydrogen-bond donors (Lipinski definition) is 2. The summed E-state index contributed by atoms with van der Waals surface area (Å²) in [6.45, 7) is 4.45. The second-order valence-corrected chi connectivity index (χ2v) is 21.2. The summed E-state index contributed by atoms with van der Waals surface area (Å²) in [4.78, 5) is 48.6. The topological polar surface area (TPSA) is 155 Å². The summed E-state index contributed by atoms with van der Waals surface area (Å²) in [6.07, 6.45) is 62.8. The van der Waals surface area contributed by atoms with Gasteiger partial charge in [-0.1, -0.05) is 216 Å². The summed E-state index contributed by atoms with van der Waals surface area (Å²) in [7, 11) is -4.76. The molecule has 0 radical (unpaired) electrons. The minimum atomic E-state index is -4.76. The van der Waals surface area contributed by atoms with Crippen molar-refractivity contribution in [2.45, 2.75) is 277 Å². The van der Waals surface area contributed by atoms with Gasteiger partial charge in [-0.25, -0.2) is 4.57 Å². The van der Waals surface area contributed by atoms with Crippen LogP contribution in [0.15, 0.2) is 72.9 Å². The van der Waals surface area contributed by atoms with Crippen LogP contribution in [0.1, 0.15) is 265 Å². The highest BCUT2D eigenvalue weighted by Gasteiger charge is 2.28. The van der Waals surface area contributed by atoms with Gasteiger partial charge in [-0.2, -0.15) is 0 Å². The van der Waals surface area contributed by atoms with Crippen molar-refractivity contribution in [3.8, 4) is 0 Å². The summed E-state index contributed by atoms with van der Waals surface area (Å²) in [5.74, 6) is -1.49. The maximum Gasteiger partial charge on any atom is 0.472 e. The molecule has 2 N–H and O–H groups in total. The van der Waals surface area contributed by atoms with E-state index in [1.54, 1.807) is 0 Å². The van der Waals surface area contributed by atoms with Gasteiger partial charge in [0.1, 0.15) is 12.7 Å². The molecular formula is C62H109O11P. The van der Waals surface area contributed by atoms with Gasteiger partial charge < -0.3 is 24.2 Å². The fraction of sp³-hybridized carbons (Fsp3) is 0.758. The molecule has 0 saturated heterocycles. The Hall–Kier alpha value is -3.08. The standard InChI is InChI=1S/C62H109O11P/c1-4-7-10-13-16-19-22-25-27-29-31-34-37-40-43-46-49-52-61(65)72-58(54-63)56-70-74(67,68)71-57-59(55-69-60(64)51-48-45-42-39-36-33-24-21-18-15-12-9-6-3)73-62(66)53-50-47-44-41-38-35-32-30-28-26-23-20-17-14-11-8-5-2/h8,11-12,15,17,20-21,24-28,58-59,63H,4-7,9-10,13-14,16,18-19,22-23,29-57H2,1-3H3,(H,67,68)/b11-8-,15-12-,20-17-,24-21-,27-25-,28-26-. The van der Waals surface area contributed by atoms with E-state index in [0.717, 1.165) is 128 Å². The van der Waals surface area contributed by atoms with Gasteiger partial charge in [0.05, 0.1) is 19.8 Å². The number of carbonyl (C=O) groups is 3. The molecule has 0 rings (SSSR count). The SMILES string of the molecule is CC/C=C\C/C=C\C/C=C\CCCCCCCCCC(=O)OC(COC(=O)CCCCCCC/C=C\C/C=C\CCC)COP(=O)(O)OCC(CO)OC(=O)CCCCCCCCC/C=C\CCCCCCCC. The maximum atomic E-state index is 12.9. The molecule has 0 aromatic heterocycles. The number of hydrogen-bond acceptors (Lipinski definition) is 10. The zero-order chi connectivity index (χ0) is 54.1. The molecule has 0 aliphatic heterocycles. The van der Waals surface area contributed by atoms with Gasteiger partial charge in [0.25, 0.3) is 0 Å². The molecule has 74 heavy (non-hydrogen) atoms. The van der Waals surface area contributed by atoms with Crippen LogP contribution in [0.4, 0.5) is 0 Å². The molecule has 11 nitrogen and oxygen atoms in total. The zero-order valence-electron chi connectivity index (χ0n) is 47.3. The van der Waals surface area contributed by atoms with Gasteiger partial charge in [-0.3, -0.25) is 23.4 Å².